The van der Waals surface area contributed by atoms with Crippen LogP contribution in [0.3, 0.4) is 0 Å². The molecule has 1 aliphatic rings. The Morgan fingerprint density at radius 3 is 2.27 bits per heavy atom. The van der Waals surface area contributed by atoms with E-state index < -0.39 is 10.0 Å². The van der Waals surface area contributed by atoms with E-state index in [4.69, 9.17) is 21.1 Å². The fourth-order valence-corrected chi connectivity index (χ4v) is 5.31. The van der Waals surface area contributed by atoms with Crippen LogP contribution in [0.25, 0.3) is 0 Å². The van der Waals surface area contributed by atoms with Crippen LogP contribution in [0.4, 0.5) is 0 Å². The first-order valence-electron chi connectivity index (χ1n) is 10.6. The van der Waals surface area contributed by atoms with Gasteiger partial charge in [0.25, 0.3) is 5.56 Å². The Balaban J connectivity index is 1.38. The largest absolute Gasteiger partial charge is 0.490 e. The van der Waals surface area contributed by atoms with Crippen LogP contribution in [0.5, 0.6) is 17.2 Å². The third kappa shape index (κ3) is 5.24. The quantitative estimate of drug-likeness (QED) is 0.515. The van der Waals surface area contributed by atoms with Crippen molar-refractivity contribution in [2.24, 2.45) is 7.05 Å². The molecule has 4 rings (SSSR count). The van der Waals surface area contributed by atoms with E-state index in [1.165, 1.54) is 22.5 Å². The predicted molar refractivity (Wildman–Crippen MR) is 127 cm³/mol. The van der Waals surface area contributed by atoms with Crippen molar-refractivity contribution in [2.45, 2.75) is 30.8 Å². The number of aryl methyl sites for hydroxylation is 1. The summed E-state index contributed by atoms with van der Waals surface area (Å²) in [5, 5.41) is 0.477. The van der Waals surface area contributed by atoms with Crippen molar-refractivity contribution in [3.63, 3.8) is 0 Å². The molecule has 1 fully saturated rings. The molecule has 0 amide bonds. The molecule has 0 aliphatic carbocycles. The van der Waals surface area contributed by atoms with Gasteiger partial charge in [-0.15, -0.1) is 0 Å². The van der Waals surface area contributed by atoms with Gasteiger partial charge in [0.1, 0.15) is 23.4 Å². The molecule has 3 aromatic rings. The van der Waals surface area contributed by atoms with Crippen LogP contribution < -0.4 is 15.0 Å². The molecule has 1 aliphatic heterocycles. The molecule has 0 N–H and O–H groups in total. The number of halogens is 1. The molecular formula is C24H25ClN2O5S. The van der Waals surface area contributed by atoms with E-state index >= 15 is 0 Å². The van der Waals surface area contributed by atoms with Crippen LogP contribution in [-0.2, 0) is 17.1 Å². The summed E-state index contributed by atoms with van der Waals surface area (Å²) in [5.74, 6) is 1.52. The first kappa shape index (κ1) is 23.4. The van der Waals surface area contributed by atoms with E-state index in [1.807, 2.05) is 19.1 Å². The first-order valence-corrected chi connectivity index (χ1v) is 12.4. The van der Waals surface area contributed by atoms with Crippen LogP contribution in [-0.4, -0.2) is 36.5 Å². The number of benzene rings is 2. The third-order valence-corrected chi connectivity index (χ3v) is 7.93. The van der Waals surface area contributed by atoms with Crippen molar-refractivity contribution in [3.8, 4) is 17.2 Å². The molecule has 0 spiro atoms. The number of sulfonamides is 1. The Labute approximate surface area is 198 Å². The monoisotopic (exact) mass is 488 g/mol. The van der Waals surface area contributed by atoms with Gasteiger partial charge in [-0.1, -0.05) is 23.7 Å². The van der Waals surface area contributed by atoms with Gasteiger partial charge in [-0.3, -0.25) is 4.79 Å². The molecular weight excluding hydrogens is 464 g/mol. The highest BCUT2D eigenvalue weighted by atomic mass is 35.5. The highest BCUT2D eigenvalue weighted by molar-refractivity contribution is 7.89. The fraction of sp³-hybridized carbons (Fsp3) is 0.292. The number of hydrogen-bond acceptors (Lipinski definition) is 5. The van der Waals surface area contributed by atoms with Crippen LogP contribution in [0, 0.1) is 6.92 Å². The molecule has 0 radical (unpaired) electrons. The van der Waals surface area contributed by atoms with E-state index in [9.17, 15) is 13.2 Å². The Morgan fingerprint density at radius 2 is 1.64 bits per heavy atom. The molecule has 2 aromatic carbocycles. The number of hydrogen-bond donors (Lipinski definition) is 0. The van der Waals surface area contributed by atoms with Gasteiger partial charge in [0.15, 0.2) is 0 Å². The van der Waals surface area contributed by atoms with Gasteiger partial charge in [0.2, 0.25) is 10.0 Å². The number of ether oxygens (including phenoxy) is 2. The summed E-state index contributed by atoms with van der Waals surface area (Å²) in [7, 11) is -1.92. The van der Waals surface area contributed by atoms with Crippen LogP contribution >= 0.6 is 11.6 Å². The van der Waals surface area contributed by atoms with Crippen molar-refractivity contribution >= 4 is 21.6 Å². The van der Waals surface area contributed by atoms with Gasteiger partial charge in [-0.05, 0) is 62.2 Å². The van der Waals surface area contributed by atoms with Crippen LogP contribution in [0.1, 0.15) is 18.5 Å². The highest BCUT2D eigenvalue weighted by Gasteiger charge is 2.30. The maximum Gasteiger partial charge on any atom is 0.254 e. The molecule has 7 nitrogen and oxygen atoms in total. The van der Waals surface area contributed by atoms with Crippen LogP contribution in [0.2, 0.25) is 5.02 Å². The minimum atomic E-state index is -3.63. The van der Waals surface area contributed by atoms with E-state index in [0.29, 0.717) is 48.2 Å². The number of para-hydroxylation sites is 1. The average molecular weight is 489 g/mol. The summed E-state index contributed by atoms with van der Waals surface area (Å²) >= 11 is 6.11. The lowest BCUT2D eigenvalue weighted by Crippen LogP contribution is -2.41. The van der Waals surface area contributed by atoms with Crippen molar-refractivity contribution in [1.82, 2.24) is 8.87 Å². The van der Waals surface area contributed by atoms with Gasteiger partial charge >= 0.3 is 0 Å². The Bertz CT molecular complexity index is 1300. The standard InChI is InChI=1S/C24H25ClN2O5S/c1-17-15-20(16-24(28)26(17)2)31-19-11-13-27(14-12-19)33(29,30)21-9-7-18(8-10-21)32-23-6-4-3-5-22(23)25/h3-10,15-16,19H,11-14H2,1-2H3. The minimum Gasteiger partial charge on any atom is -0.490 e. The number of rotatable bonds is 6. The van der Waals surface area contributed by atoms with Crippen molar-refractivity contribution < 1.29 is 17.9 Å². The topological polar surface area (TPSA) is 77.8 Å². The van der Waals surface area contributed by atoms with Crippen LogP contribution in [0.15, 0.2) is 70.4 Å². The molecule has 9 heteroatoms. The summed E-state index contributed by atoms with van der Waals surface area (Å²) in [5.41, 5.74) is 0.673. The molecule has 1 saturated heterocycles. The lowest BCUT2D eigenvalue weighted by molar-refractivity contribution is 0.134. The van der Waals surface area contributed by atoms with Crippen molar-refractivity contribution in [3.05, 3.63) is 81.7 Å². The molecule has 0 unspecified atom stereocenters. The van der Waals surface area contributed by atoms with E-state index in [0.717, 1.165) is 5.69 Å². The van der Waals surface area contributed by atoms with E-state index in [2.05, 4.69) is 0 Å². The molecule has 33 heavy (non-hydrogen) atoms. The summed E-state index contributed by atoms with van der Waals surface area (Å²) in [6.07, 6.45) is 0.942. The average Bonchev–Trinajstić information content (AvgIpc) is 2.80. The summed E-state index contributed by atoms with van der Waals surface area (Å²) in [4.78, 5) is 12.2. The highest BCUT2D eigenvalue weighted by Crippen LogP contribution is 2.30. The van der Waals surface area contributed by atoms with Gasteiger partial charge in [0, 0.05) is 31.9 Å². The molecule has 0 saturated carbocycles. The molecule has 0 bridgehead atoms. The lowest BCUT2D eigenvalue weighted by atomic mass is 10.1. The summed E-state index contributed by atoms with van der Waals surface area (Å²) in [6, 6.07) is 16.7. The number of piperidine rings is 1. The third-order valence-electron chi connectivity index (χ3n) is 5.71. The number of aromatic nitrogens is 1. The second-order valence-corrected chi connectivity index (χ2v) is 10.3. The molecule has 0 atom stereocenters. The minimum absolute atomic E-state index is 0.132. The van der Waals surface area contributed by atoms with Crippen molar-refractivity contribution in [2.75, 3.05) is 13.1 Å². The fourth-order valence-electron chi connectivity index (χ4n) is 3.67. The maximum absolute atomic E-state index is 13.1. The summed E-state index contributed by atoms with van der Waals surface area (Å²) in [6.45, 7) is 2.53. The second kappa shape index (κ2) is 9.59. The zero-order valence-electron chi connectivity index (χ0n) is 18.4. The predicted octanol–water partition coefficient (Wildman–Crippen LogP) is 4.37. The Morgan fingerprint density at radius 1 is 0.970 bits per heavy atom. The van der Waals surface area contributed by atoms with Gasteiger partial charge in [0.05, 0.1) is 9.92 Å². The SMILES string of the molecule is Cc1cc(OC2CCN(S(=O)(=O)c3ccc(Oc4ccccc4Cl)cc3)CC2)cc(=O)n1C. The maximum atomic E-state index is 13.1. The Hall–Kier alpha value is -2.81. The zero-order chi connectivity index (χ0) is 23.6. The number of pyridine rings is 1. The van der Waals surface area contributed by atoms with Gasteiger partial charge in [-0.25, -0.2) is 8.42 Å². The summed E-state index contributed by atoms with van der Waals surface area (Å²) < 4.78 is 40.9. The van der Waals surface area contributed by atoms with E-state index in [-0.39, 0.29) is 16.6 Å². The smallest absolute Gasteiger partial charge is 0.254 e. The van der Waals surface area contributed by atoms with E-state index in [1.54, 1.807) is 41.9 Å². The van der Waals surface area contributed by atoms with Crippen molar-refractivity contribution in [1.29, 1.82) is 0 Å². The zero-order valence-corrected chi connectivity index (χ0v) is 20.0. The molecule has 2 heterocycles. The molecule has 174 valence electrons. The van der Waals surface area contributed by atoms with Gasteiger partial charge in [-0.2, -0.15) is 4.31 Å². The lowest BCUT2D eigenvalue weighted by Gasteiger charge is -2.31. The second-order valence-electron chi connectivity index (χ2n) is 7.95. The van der Waals surface area contributed by atoms with Gasteiger partial charge < -0.3 is 14.0 Å². The molecule has 1 aromatic heterocycles. The first-order chi connectivity index (χ1) is 15.7. The normalized spacial score (nSPS) is 15.4. The Kier molecular flexibility index (Phi) is 6.78. The number of nitrogens with zero attached hydrogens (tertiary/aromatic N) is 2.